The molecule has 16 heavy (non-hydrogen) atoms. The molecule has 0 fully saturated rings. The van der Waals surface area contributed by atoms with Crippen molar-refractivity contribution in [1.82, 2.24) is 4.98 Å². The zero-order chi connectivity index (χ0) is 15.2. The predicted molar refractivity (Wildman–Crippen MR) is 57.6 cm³/mol. The lowest BCUT2D eigenvalue weighted by Crippen LogP contribution is -2.32. The molecule has 1 heterocycles. The van der Waals surface area contributed by atoms with Crippen LogP contribution in [-0.2, 0) is 11.2 Å². The Hall–Kier alpha value is -1.88. The number of benzene rings is 1. The first-order chi connectivity index (χ1) is 9.25. The molecular weight excluding hydrogens is 211 g/mol. The van der Waals surface area contributed by atoms with E-state index >= 15 is 0 Å². The number of aliphatic carboxylic acids is 1. The number of nitrogens with two attached hydrogens (primary N) is 1. The van der Waals surface area contributed by atoms with E-state index in [0.29, 0.717) is 0 Å². The number of nitrogens with one attached hydrogen (secondary N) is 1. The van der Waals surface area contributed by atoms with E-state index in [0.717, 1.165) is 0 Å². The van der Waals surface area contributed by atoms with Crippen LogP contribution in [0.4, 0.5) is 4.39 Å². The van der Waals surface area contributed by atoms with Gasteiger partial charge in [0, 0.05) is 23.5 Å². The molecule has 2 aromatic rings. The molecule has 1 aromatic carbocycles. The molecule has 5 heteroatoms. The van der Waals surface area contributed by atoms with Crippen LogP contribution in [0.3, 0.4) is 0 Å². The molecule has 0 saturated heterocycles. The average molecular weight is 226 g/mol. The Bertz CT molecular complexity index is 716. The molecule has 0 aliphatic rings. The number of H-pyrrole nitrogens is 1. The van der Waals surface area contributed by atoms with Crippen molar-refractivity contribution < 1.29 is 19.8 Å². The first kappa shape index (κ1) is 6.65. The smallest absolute Gasteiger partial charge is 0.320 e. The van der Waals surface area contributed by atoms with Crippen LogP contribution in [-0.4, -0.2) is 22.1 Å². The maximum Gasteiger partial charge on any atom is 0.320 e. The Morgan fingerprint density at radius 1 is 1.69 bits per heavy atom. The minimum Gasteiger partial charge on any atom is -0.480 e. The van der Waals surface area contributed by atoms with Gasteiger partial charge < -0.3 is 15.8 Å². The van der Waals surface area contributed by atoms with Crippen molar-refractivity contribution in [2.75, 3.05) is 0 Å². The molecule has 0 amide bonds. The number of fused-ring (bicyclic) bond motifs is 1. The molecule has 1 atom stereocenters. The Morgan fingerprint density at radius 2 is 2.44 bits per heavy atom. The fourth-order valence-electron chi connectivity index (χ4n) is 1.36. The zero-order valence-corrected chi connectivity index (χ0v) is 8.10. The van der Waals surface area contributed by atoms with Crippen LogP contribution >= 0.6 is 0 Å². The molecule has 1 aromatic heterocycles. The molecular formula is C11H11FN2O2. The molecule has 0 bridgehead atoms. The van der Waals surface area contributed by atoms with E-state index in [1.807, 2.05) is 0 Å². The van der Waals surface area contributed by atoms with Gasteiger partial charge in [-0.2, -0.15) is 0 Å². The van der Waals surface area contributed by atoms with Crippen LogP contribution in [0.15, 0.2) is 24.3 Å². The second kappa shape index (κ2) is 3.94. The van der Waals surface area contributed by atoms with Crippen molar-refractivity contribution in [2.45, 2.75) is 12.5 Å². The third-order valence-corrected chi connectivity index (χ3v) is 2.16. The van der Waals surface area contributed by atoms with Crippen LogP contribution in [0.1, 0.15) is 11.0 Å². The summed E-state index contributed by atoms with van der Waals surface area (Å²) in [6.45, 7) is 0. The van der Waals surface area contributed by atoms with E-state index in [-0.39, 0.29) is 29.1 Å². The van der Waals surface area contributed by atoms with Gasteiger partial charge in [0.15, 0.2) is 0 Å². The lowest BCUT2D eigenvalue weighted by atomic mass is 10.1. The Labute approximate surface area is 96.5 Å². The highest BCUT2D eigenvalue weighted by molar-refractivity contribution is 5.84. The SMILES string of the molecule is [2H]c1[nH]c2c([2H])c([2H])c(F)c([2H])c2c1C[C@H](N)C(=O)O. The van der Waals surface area contributed by atoms with Gasteiger partial charge in [0.25, 0.3) is 0 Å². The fourth-order valence-corrected chi connectivity index (χ4v) is 1.36. The Morgan fingerprint density at radius 3 is 3.12 bits per heavy atom. The van der Waals surface area contributed by atoms with Crippen molar-refractivity contribution >= 4 is 16.9 Å². The normalized spacial score (nSPS) is 16.4. The van der Waals surface area contributed by atoms with E-state index in [2.05, 4.69) is 4.98 Å². The van der Waals surface area contributed by atoms with Crippen LogP contribution in [0, 0.1) is 5.82 Å². The second-order valence-corrected chi connectivity index (χ2v) is 3.32. The van der Waals surface area contributed by atoms with Gasteiger partial charge >= 0.3 is 5.97 Å². The molecule has 0 saturated carbocycles. The molecule has 0 radical (unpaired) electrons. The quantitative estimate of drug-likeness (QED) is 0.737. The third kappa shape index (κ3) is 1.90. The van der Waals surface area contributed by atoms with Crippen LogP contribution in [0.2, 0.25) is 0 Å². The van der Waals surface area contributed by atoms with Gasteiger partial charge in [0.1, 0.15) is 11.9 Å². The summed E-state index contributed by atoms with van der Waals surface area (Å²) in [6, 6.07) is -3.15. The maximum absolute atomic E-state index is 13.7. The molecule has 84 valence electrons. The van der Waals surface area contributed by atoms with E-state index in [9.17, 15) is 9.18 Å². The number of carboxylic acid groups (broad SMARTS) is 1. The molecule has 0 unspecified atom stereocenters. The predicted octanol–water partition coefficient (Wildman–Crippen LogP) is 1.26. The minimum atomic E-state index is -1.30. The van der Waals surface area contributed by atoms with E-state index < -0.39 is 36.0 Å². The van der Waals surface area contributed by atoms with Gasteiger partial charge in [-0.1, -0.05) is 0 Å². The highest BCUT2D eigenvalue weighted by Crippen LogP contribution is 2.20. The minimum absolute atomic E-state index is 0.0287. The number of hydrogen-bond donors (Lipinski definition) is 3. The van der Waals surface area contributed by atoms with Crippen molar-refractivity contribution in [3.8, 4) is 0 Å². The largest absolute Gasteiger partial charge is 0.480 e. The van der Waals surface area contributed by atoms with Gasteiger partial charge in [-0.3, -0.25) is 4.79 Å². The lowest BCUT2D eigenvalue weighted by Gasteiger charge is -2.04. The van der Waals surface area contributed by atoms with Crippen LogP contribution in [0.25, 0.3) is 10.9 Å². The number of carboxylic acids is 1. The standard InChI is InChI=1S/C11H11FN2O2/c12-7-1-2-10-8(4-7)6(5-14-10)3-9(13)11(15)16/h1-2,4-5,9,14H,3,13H2,(H,15,16)/t9-/m0/s1/i1D,2D,4D,5D. The number of aromatic amines is 1. The highest BCUT2D eigenvalue weighted by Gasteiger charge is 2.14. The number of carbonyl (C=O) groups is 1. The molecule has 4 nitrogen and oxygen atoms in total. The summed E-state index contributed by atoms with van der Waals surface area (Å²) in [5.74, 6) is -2.46. The molecule has 4 N–H and O–H groups in total. The molecule has 0 spiro atoms. The maximum atomic E-state index is 13.7. The summed E-state index contributed by atoms with van der Waals surface area (Å²) in [5, 5.41) is 8.72. The van der Waals surface area contributed by atoms with Crippen molar-refractivity contribution in [1.29, 1.82) is 0 Å². The van der Waals surface area contributed by atoms with Gasteiger partial charge in [-0.05, 0) is 23.7 Å². The number of halogens is 1. The van der Waals surface area contributed by atoms with Crippen LogP contribution < -0.4 is 5.73 Å². The average Bonchev–Trinajstić information content (AvgIpc) is 2.71. The van der Waals surface area contributed by atoms with E-state index in [1.165, 1.54) is 0 Å². The Kier molecular flexibility index (Phi) is 1.64. The molecule has 2 rings (SSSR count). The first-order valence-corrected chi connectivity index (χ1v) is 4.50. The monoisotopic (exact) mass is 226 g/mol. The van der Waals surface area contributed by atoms with E-state index in [1.54, 1.807) is 0 Å². The second-order valence-electron chi connectivity index (χ2n) is 3.32. The van der Waals surface area contributed by atoms with Gasteiger partial charge in [-0.15, -0.1) is 0 Å². The summed E-state index contributed by atoms with van der Waals surface area (Å²) in [7, 11) is 0. The van der Waals surface area contributed by atoms with Crippen molar-refractivity contribution in [2.24, 2.45) is 5.73 Å². The van der Waals surface area contributed by atoms with Gasteiger partial charge in [0.05, 0.1) is 5.48 Å². The van der Waals surface area contributed by atoms with Crippen molar-refractivity contribution in [3.63, 3.8) is 0 Å². The molecule has 0 aliphatic heterocycles. The fraction of sp³-hybridized carbons (Fsp3) is 0.182. The summed E-state index contributed by atoms with van der Waals surface area (Å²) in [6.07, 6.45) is -0.500. The molecule has 0 aliphatic carbocycles. The lowest BCUT2D eigenvalue weighted by molar-refractivity contribution is -0.138. The van der Waals surface area contributed by atoms with Gasteiger partial charge in [0.2, 0.25) is 0 Å². The summed E-state index contributed by atoms with van der Waals surface area (Å²) >= 11 is 0. The number of rotatable bonds is 3. The first-order valence-electron chi connectivity index (χ1n) is 6.50. The summed E-state index contributed by atoms with van der Waals surface area (Å²) in [4.78, 5) is 13.2. The third-order valence-electron chi connectivity index (χ3n) is 2.16. The Balaban J connectivity index is 2.73. The number of aromatic nitrogens is 1. The summed E-state index contributed by atoms with van der Waals surface area (Å²) < 4.78 is 44.1. The van der Waals surface area contributed by atoms with Crippen molar-refractivity contribution in [3.05, 3.63) is 35.7 Å². The zero-order valence-electron chi connectivity index (χ0n) is 12.1. The number of hydrogen-bond acceptors (Lipinski definition) is 2. The van der Waals surface area contributed by atoms with E-state index in [4.69, 9.17) is 16.3 Å². The highest BCUT2D eigenvalue weighted by atomic mass is 19.1. The topological polar surface area (TPSA) is 79.1 Å². The summed E-state index contributed by atoms with van der Waals surface area (Å²) in [5.41, 5.74) is 5.42. The van der Waals surface area contributed by atoms with Gasteiger partial charge in [-0.25, -0.2) is 4.39 Å². The van der Waals surface area contributed by atoms with Crippen LogP contribution in [0.5, 0.6) is 0 Å².